The second-order valence-corrected chi connectivity index (χ2v) is 4.07. The summed E-state index contributed by atoms with van der Waals surface area (Å²) in [5.74, 6) is 1.18. The first-order valence-corrected chi connectivity index (χ1v) is 5.95. The number of rotatable bonds is 2. The Morgan fingerprint density at radius 3 is 1.42 bits per heavy atom. The third kappa shape index (κ3) is 2.52. The van der Waals surface area contributed by atoms with Crippen LogP contribution in [-0.2, 0) is 0 Å². The van der Waals surface area contributed by atoms with Crippen LogP contribution in [-0.4, -0.2) is 22.8 Å². The van der Waals surface area contributed by atoms with Gasteiger partial charge < -0.3 is 0 Å². The molecule has 2 radical (unpaired) electrons. The summed E-state index contributed by atoms with van der Waals surface area (Å²) in [4.78, 5) is 12.8. The predicted molar refractivity (Wildman–Crippen MR) is 76.1 cm³/mol. The van der Waals surface area contributed by atoms with E-state index in [-0.39, 0.29) is 5.72 Å². The summed E-state index contributed by atoms with van der Waals surface area (Å²) in [6.07, 6.45) is 0. The van der Waals surface area contributed by atoms with Gasteiger partial charge in [-0.05, 0) is 0 Å². The summed E-state index contributed by atoms with van der Waals surface area (Å²) in [5.41, 5.74) is 2.08. The molecule has 0 spiro atoms. The zero-order valence-electron chi connectivity index (χ0n) is 10.2. The molecular formula is C15H10BN3. The van der Waals surface area contributed by atoms with Crippen LogP contribution in [0.4, 0.5) is 0 Å². The molecule has 3 rings (SSSR count). The second kappa shape index (κ2) is 5.02. The zero-order valence-corrected chi connectivity index (χ0v) is 10.2. The Labute approximate surface area is 112 Å². The molecule has 3 aromatic rings. The Balaban J connectivity index is 2.12. The van der Waals surface area contributed by atoms with Crippen LogP contribution in [0.3, 0.4) is 0 Å². The van der Waals surface area contributed by atoms with E-state index in [2.05, 4.69) is 15.0 Å². The number of benzene rings is 2. The Bertz CT molecular complexity index is 627. The Morgan fingerprint density at radius 2 is 1.00 bits per heavy atom. The summed E-state index contributed by atoms with van der Waals surface area (Å²) >= 11 is 0. The average molecular weight is 243 g/mol. The van der Waals surface area contributed by atoms with E-state index in [0.29, 0.717) is 11.6 Å². The van der Waals surface area contributed by atoms with Gasteiger partial charge in [-0.2, -0.15) is 0 Å². The highest BCUT2D eigenvalue weighted by molar-refractivity contribution is 6.29. The minimum atomic E-state index is 0.229. The molecule has 0 saturated heterocycles. The summed E-state index contributed by atoms with van der Waals surface area (Å²) < 4.78 is 0. The second-order valence-electron chi connectivity index (χ2n) is 4.07. The topological polar surface area (TPSA) is 38.7 Å². The largest absolute Gasteiger partial charge is 0.225 e. The van der Waals surface area contributed by atoms with Crippen LogP contribution >= 0.6 is 0 Å². The molecule has 4 heteroatoms. The molecule has 88 valence electrons. The molecule has 0 saturated carbocycles. The van der Waals surface area contributed by atoms with Crippen LogP contribution in [0, 0.1) is 0 Å². The third-order valence-corrected chi connectivity index (χ3v) is 2.72. The maximum absolute atomic E-state index is 5.77. The number of aromatic nitrogens is 3. The van der Waals surface area contributed by atoms with Crippen molar-refractivity contribution in [2.24, 2.45) is 0 Å². The normalized spacial score (nSPS) is 10.3. The van der Waals surface area contributed by atoms with Gasteiger partial charge in [-0.25, -0.2) is 15.0 Å². The number of hydrogen-bond acceptors (Lipinski definition) is 3. The van der Waals surface area contributed by atoms with Crippen molar-refractivity contribution in [1.29, 1.82) is 0 Å². The standard InChI is InChI=1S/C15H10BN3/c16-15-18-13(11-7-3-1-4-8-11)17-14(19-15)12-9-5-2-6-10-12/h1-10H. The van der Waals surface area contributed by atoms with Crippen LogP contribution in [0.15, 0.2) is 60.7 Å². The van der Waals surface area contributed by atoms with E-state index < -0.39 is 0 Å². The summed E-state index contributed by atoms with van der Waals surface area (Å²) in [6.45, 7) is 0. The molecule has 0 aliphatic carbocycles. The highest BCUT2D eigenvalue weighted by Gasteiger charge is 2.07. The van der Waals surface area contributed by atoms with Gasteiger partial charge in [0, 0.05) is 11.1 Å². The van der Waals surface area contributed by atoms with Gasteiger partial charge in [-0.1, -0.05) is 60.7 Å². The van der Waals surface area contributed by atoms with E-state index in [1.165, 1.54) is 0 Å². The van der Waals surface area contributed by atoms with Gasteiger partial charge in [0.25, 0.3) is 0 Å². The van der Waals surface area contributed by atoms with E-state index in [1.807, 2.05) is 60.7 Å². The summed E-state index contributed by atoms with van der Waals surface area (Å²) in [5, 5.41) is 0. The number of nitrogens with zero attached hydrogens (tertiary/aromatic N) is 3. The molecule has 0 atom stereocenters. The molecular weight excluding hydrogens is 233 g/mol. The first-order chi connectivity index (χ1) is 9.33. The van der Waals surface area contributed by atoms with Crippen LogP contribution in [0.25, 0.3) is 22.8 Å². The highest BCUT2D eigenvalue weighted by Crippen LogP contribution is 2.17. The van der Waals surface area contributed by atoms with Gasteiger partial charge in [0.05, 0.1) is 5.72 Å². The van der Waals surface area contributed by atoms with E-state index in [9.17, 15) is 0 Å². The summed E-state index contributed by atoms with van der Waals surface area (Å²) in [6, 6.07) is 19.5. The first kappa shape index (κ1) is 11.6. The van der Waals surface area contributed by atoms with Gasteiger partial charge in [-0.15, -0.1) is 0 Å². The summed E-state index contributed by atoms with van der Waals surface area (Å²) in [7, 11) is 5.77. The quantitative estimate of drug-likeness (QED) is 0.646. The molecule has 3 nitrogen and oxygen atoms in total. The minimum absolute atomic E-state index is 0.229. The zero-order chi connectivity index (χ0) is 13.1. The lowest BCUT2D eigenvalue weighted by molar-refractivity contribution is 1.11. The lowest BCUT2D eigenvalue weighted by Crippen LogP contribution is -2.16. The van der Waals surface area contributed by atoms with E-state index in [4.69, 9.17) is 7.85 Å². The van der Waals surface area contributed by atoms with Crippen LogP contribution in [0.5, 0.6) is 0 Å². The van der Waals surface area contributed by atoms with Crippen LogP contribution < -0.4 is 5.72 Å². The molecule has 19 heavy (non-hydrogen) atoms. The minimum Gasteiger partial charge on any atom is -0.225 e. The molecule has 0 aliphatic rings. The molecule has 0 fully saturated rings. The van der Waals surface area contributed by atoms with E-state index >= 15 is 0 Å². The molecule has 2 aromatic carbocycles. The fourth-order valence-electron chi connectivity index (χ4n) is 1.82. The van der Waals surface area contributed by atoms with Crippen molar-refractivity contribution in [3.8, 4) is 22.8 Å². The van der Waals surface area contributed by atoms with E-state index in [1.54, 1.807) is 0 Å². The molecule has 0 N–H and O–H groups in total. The molecule has 0 amide bonds. The highest BCUT2D eigenvalue weighted by atomic mass is 15.0. The lowest BCUT2D eigenvalue weighted by atomic mass is 10.1. The first-order valence-electron chi connectivity index (χ1n) is 5.95. The molecule has 0 bridgehead atoms. The van der Waals surface area contributed by atoms with Gasteiger partial charge in [0.15, 0.2) is 19.5 Å². The maximum atomic E-state index is 5.77. The molecule has 1 heterocycles. The number of hydrogen-bond donors (Lipinski definition) is 0. The van der Waals surface area contributed by atoms with Crippen LogP contribution in [0.1, 0.15) is 0 Å². The van der Waals surface area contributed by atoms with Gasteiger partial charge >= 0.3 is 0 Å². The molecule has 0 unspecified atom stereocenters. The van der Waals surface area contributed by atoms with Crippen molar-refractivity contribution < 1.29 is 0 Å². The predicted octanol–water partition coefficient (Wildman–Crippen LogP) is 2.00. The van der Waals surface area contributed by atoms with Crippen molar-refractivity contribution in [2.45, 2.75) is 0 Å². The molecule has 1 aromatic heterocycles. The lowest BCUT2D eigenvalue weighted by Gasteiger charge is -2.05. The van der Waals surface area contributed by atoms with Gasteiger partial charge in [0.2, 0.25) is 0 Å². The third-order valence-electron chi connectivity index (χ3n) is 2.72. The van der Waals surface area contributed by atoms with Gasteiger partial charge in [0.1, 0.15) is 0 Å². The SMILES string of the molecule is [B]c1nc(-c2ccccc2)nc(-c2ccccc2)n1. The fourth-order valence-corrected chi connectivity index (χ4v) is 1.82. The maximum Gasteiger partial charge on any atom is 0.170 e. The Hall–Kier alpha value is -2.49. The van der Waals surface area contributed by atoms with Crippen molar-refractivity contribution in [1.82, 2.24) is 15.0 Å². The van der Waals surface area contributed by atoms with Crippen molar-refractivity contribution >= 4 is 13.6 Å². The Morgan fingerprint density at radius 1 is 0.579 bits per heavy atom. The fraction of sp³-hybridized carbons (Fsp3) is 0. The van der Waals surface area contributed by atoms with E-state index in [0.717, 1.165) is 11.1 Å². The van der Waals surface area contributed by atoms with Crippen molar-refractivity contribution in [2.75, 3.05) is 0 Å². The monoisotopic (exact) mass is 243 g/mol. The smallest absolute Gasteiger partial charge is 0.170 e. The average Bonchev–Trinajstić information content (AvgIpc) is 2.48. The van der Waals surface area contributed by atoms with Crippen LogP contribution in [0.2, 0.25) is 0 Å². The van der Waals surface area contributed by atoms with Crippen molar-refractivity contribution in [3.05, 3.63) is 60.7 Å². The Kier molecular flexibility index (Phi) is 3.06. The van der Waals surface area contributed by atoms with Crippen molar-refractivity contribution in [3.63, 3.8) is 0 Å². The molecule has 0 aliphatic heterocycles. The van der Waals surface area contributed by atoms with Gasteiger partial charge in [-0.3, -0.25) is 0 Å².